The third-order valence-corrected chi connectivity index (χ3v) is 8.94. The van der Waals surface area contributed by atoms with Gasteiger partial charge in [-0.1, -0.05) is 122 Å². The van der Waals surface area contributed by atoms with E-state index in [1.807, 2.05) is 13.0 Å². The molecule has 4 nitrogen and oxygen atoms in total. The molecule has 0 amide bonds. The zero-order valence-corrected chi connectivity index (χ0v) is 26.4. The largest absolute Gasteiger partial charge is 0.461 e. The Morgan fingerprint density at radius 3 is 2.13 bits per heavy atom. The number of aromatic nitrogens is 3. The van der Waals surface area contributed by atoms with E-state index in [-0.39, 0.29) is 0 Å². The van der Waals surface area contributed by atoms with Crippen LogP contribution in [0.1, 0.15) is 31.7 Å². The van der Waals surface area contributed by atoms with Gasteiger partial charge in [0.05, 0.1) is 0 Å². The summed E-state index contributed by atoms with van der Waals surface area (Å²) in [6.07, 6.45) is 3.76. The lowest BCUT2D eigenvalue weighted by atomic mass is 9.95. The molecule has 0 unspecified atom stereocenters. The Morgan fingerprint density at radius 1 is 0.638 bits per heavy atom. The molecule has 8 rings (SSSR count). The van der Waals surface area contributed by atoms with Crippen molar-refractivity contribution in [2.24, 2.45) is 0 Å². The van der Waals surface area contributed by atoms with E-state index < -0.39 is 0 Å². The minimum Gasteiger partial charge on any atom is -0.461 e. The van der Waals surface area contributed by atoms with Crippen molar-refractivity contribution < 1.29 is 4.74 Å². The molecule has 0 atom stereocenters. The summed E-state index contributed by atoms with van der Waals surface area (Å²) in [5.41, 5.74) is 7.56. The van der Waals surface area contributed by atoms with Crippen LogP contribution in [0, 0.1) is 0 Å². The summed E-state index contributed by atoms with van der Waals surface area (Å²) < 4.78 is 6.41. The topological polar surface area (TPSA) is 47.9 Å². The molecule has 0 saturated heterocycles. The van der Waals surface area contributed by atoms with Crippen molar-refractivity contribution in [2.45, 2.75) is 26.7 Å². The van der Waals surface area contributed by atoms with Gasteiger partial charge in [0, 0.05) is 17.5 Å². The van der Waals surface area contributed by atoms with Gasteiger partial charge < -0.3 is 4.74 Å². The number of fused-ring (bicyclic) bond motifs is 3. The van der Waals surface area contributed by atoms with Crippen molar-refractivity contribution in [3.05, 3.63) is 162 Å². The van der Waals surface area contributed by atoms with Gasteiger partial charge in [-0.3, -0.25) is 0 Å². The molecule has 1 aliphatic rings. The van der Waals surface area contributed by atoms with Crippen LogP contribution in [0.3, 0.4) is 0 Å². The van der Waals surface area contributed by atoms with Gasteiger partial charge in [0.2, 0.25) is 0 Å². The van der Waals surface area contributed by atoms with Crippen LogP contribution in [-0.4, -0.2) is 15.0 Å². The zero-order chi connectivity index (χ0) is 31.7. The SMILES string of the molecule is CC/C(=C\C1=C(C)Oc2cc3ccccc3cc2C1)c1nc(-c2cccc(-c3ccccc3)c2)nc(-c2cccc3ccccc23)n1. The molecule has 0 radical (unpaired) electrons. The maximum Gasteiger partial charge on any atom is 0.164 e. The molecule has 0 spiro atoms. The molecule has 0 bridgehead atoms. The van der Waals surface area contributed by atoms with Crippen molar-refractivity contribution in [1.29, 1.82) is 0 Å². The van der Waals surface area contributed by atoms with Gasteiger partial charge in [-0.05, 0) is 87.0 Å². The lowest BCUT2D eigenvalue weighted by molar-refractivity contribution is 0.407. The van der Waals surface area contributed by atoms with E-state index in [0.29, 0.717) is 17.5 Å². The van der Waals surface area contributed by atoms with Crippen LogP contribution in [0.2, 0.25) is 0 Å². The molecule has 1 aliphatic heterocycles. The summed E-state index contributed by atoms with van der Waals surface area (Å²) in [6, 6.07) is 46.4. The Balaban J connectivity index is 1.26. The molecule has 4 heteroatoms. The lowest BCUT2D eigenvalue weighted by Crippen LogP contribution is -2.08. The Bertz CT molecular complexity index is 2350. The van der Waals surface area contributed by atoms with Gasteiger partial charge in [0.15, 0.2) is 17.5 Å². The molecule has 7 aromatic rings. The summed E-state index contributed by atoms with van der Waals surface area (Å²) in [6.45, 7) is 4.20. The highest BCUT2D eigenvalue weighted by atomic mass is 16.5. The fraction of sp³-hybridized carbons (Fsp3) is 0.0930. The number of allylic oxidation sites excluding steroid dienone is 4. The van der Waals surface area contributed by atoms with Crippen molar-refractivity contribution in [1.82, 2.24) is 15.0 Å². The normalized spacial score (nSPS) is 13.1. The van der Waals surface area contributed by atoms with E-state index in [9.17, 15) is 0 Å². The molecule has 2 heterocycles. The van der Waals surface area contributed by atoms with Gasteiger partial charge in [0.1, 0.15) is 11.5 Å². The smallest absolute Gasteiger partial charge is 0.164 e. The maximum atomic E-state index is 6.41. The Morgan fingerprint density at radius 2 is 1.30 bits per heavy atom. The second-order valence-corrected chi connectivity index (χ2v) is 12.0. The van der Waals surface area contributed by atoms with E-state index in [1.54, 1.807) is 0 Å². The number of ether oxygens (including phenoxy) is 1. The molecule has 47 heavy (non-hydrogen) atoms. The summed E-state index contributed by atoms with van der Waals surface area (Å²) >= 11 is 0. The number of hydrogen-bond donors (Lipinski definition) is 0. The predicted octanol–water partition coefficient (Wildman–Crippen LogP) is 10.9. The molecule has 6 aromatic carbocycles. The van der Waals surface area contributed by atoms with E-state index in [4.69, 9.17) is 19.7 Å². The standard InChI is InChI=1S/C43H33N3O/c1-3-29(23-36-26-37-25-33-16-7-8-17-34(33)27-40(37)47-28(36)2)41-44-42(35-20-11-19-32(24-35)30-13-5-4-6-14-30)46-43(45-41)39-22-12-18-31-15-9-10-21-38(31)39/h4-25,27H,3,26H2,1-2H3/b29-23+. The average molecular weight is 608 g/mol. The van der Waals surface area contributed by atoms with E-state index in [2.05, 4.69) is 140 Å². The monoisotopic (exact) mass is 607 g/mol. The zero-order valence-electron chi connectivity index (χ0n) is 26.4. The molecule has 0 saturated carbocycles. The van der Waals surface area contributed by atoms with Gasteiger partial charge in [-0.2, -0.15) is 0 Å². The highest BCUT2D eigenvalue weighted by molar-refractivity contribution is 5.95. The highest BCUT2D eigenvalue weighted by Gasteiger charge is 2.20. The van der Waals surface area contributed by atoms with Crippen LogP contribution in [0.15, 0.2) is 151 Å². The fourth-order valence-corrected chi connectivity index (χ4v) is 6.41. The second kappa shape index (κ2) is 12.1. The first-order valence-corrected chi connectivity index (χ1v) is 16.1. The number of rotatable bonds is 6. The third-order valence-electron chi connectivity index (χ3n) is 8.94. The van der Waals surface area contributed by atoms with Crippen molar-refractivity contribution in [2.75, 3.05) is 0 Å². The first-order valence-electron chi connectivity index (χ1n) is 16.1. The van der Waals surface area contributed by atoms with E-state index in [0.717, 1.165) is 68.5 Å². The van der Waals surface area contributed by atoms with Crippen LogP contribution in [0.25, 0.3) is 61.0 Å². The van der Waals surface area contributed by atoms with Gasteiger partial charge in [-0.15, -0.1) is 0 Å². The number of hydrogen-bond acceptors (Lipinski definition) is 4. The molecule has 0 N–H and O–H groups in total. The Kier molecular flexibility index (Phi) is 7.39. The Labute approximate surface area is 274 Å². The average Bonchev–Trinajstić information content (AvgIpc) is 3.13. The van der Waals surface area contributed by atoms with Crippen molar-refractivity contribution in [3.8, 4) is 39.7 Å². The minimum atomic E-state index is 0.650. The summed E-state index contributed by atoms with van der Waals surface area (Å²) in [4.78, 5) is 15.4. The van der Waals surface area contributed by atoms with Crippen molar-refractivity contribution >= 4 is 27.1 Å². The van der Waals surface area contributed by atoms with Crippen molar-refractivity contribution in [3.63, 3.8) is 0 Å². The molecular formula is C43H33N3O. The quantitative estimate of drug-likeness (QED) is 0.189. The fourth-order valence-electron chi connectivity index (χ4n) is 6.41. The first kappa shape index (κ1) is 28.6. The lowest BCUT2D eigenvalue weighted by Gasteiger charge is -2.21. The van der Waals surface area contributed by atoms with Crippen LogP contribution in [0.5, 0.6) is 5.75 Å². The first-order chi connectivity index (χ1) is 23.1. The van der Waals surface area contributed by atoms with Crippen LogP contribution >= 0.6 is 0 Å². The minimum absolute atomic E-state index is 0.650. The Hall–Kier alpha value is -5.87. The molecule has 0 aliphatic carbocycles. The summed E-state index contributed by atoms with van der Waals surface area (Å²) in [5, 5.41) is 4.66. The van der Waals surface area contributed by atoms with Gasteiger partial charge in [0.25, 0.3) is 0 Å². The van der Waals surface area contributed by atoms with E-state index in [1.165, 1.54) is 16.3 Å². The predicted molar refractivity (Wildman–Crippen MR) is 193 cm³/mol. The maximum absolute atomic E-state index is 6.41. The third kappa shape index (κ3) is 5.59. The van der Waals surface area contributed by atoms with Crippen LogP contribution in [-0.2, 0) is 6.42 Å². The molecule has 1 aromatic heterocycles. The van der Waals surface area contributed by atoms with E-state index >= 15 is 0 Å². The van der Waals surface area contributed by atoms with Crippen LogP contribution < -0.4 is 4.74 Å². The molecular weight excluding hydrogens is 574 g/mol. The summed E-state index contributed by atoms with van der Waals surface area (Å²) in [7, 11) is 0. The highest BCUT2D eigenvalue weighted by Crippen LogP contribution is 2.36. The second-order valence-electron chi connectivity index (χ2n) is 12.0. The molecule has 226 valence electrons. The number of nitrogens with zero attached hydrogens (tertiary/aromatic N) is 3. The van der Waals surface area contributed by atoms with Gasteiger partial charge in [-0.25, -0.2) is 15.0 Å². The summed E-state index contributed by atoms with van der Waals surface area (Å²) in [5.74, 6) is 3.81. The van der Waals surface area contributed by atoms with Crippen LogP contribution in [0.4, 0.5) is 0 Å². The molecule has 0 fully saturated rings. The van der Waals surface area contributed by atoms with Gasteiger partial charge >= 0.3 is 0 Å². The number of benzene rings is 6.